The number of rotatable bonds is 3. The molecule has 1 aliphatic rings. The van der Waals surface area contributed by atoms with E-state index in [1.165, 1.54) is 36.4 Å². The minimum Gasteiger partial charge on any atom is -0.287 e. The van der Waals surface area contributed by atoms with Gasteiger partial charge in [0, 0.05) is 12.1 Å². The molecular formula is C15H9N5O4. The van der Waals surface area contributed by atoms with Crippen LogP contribution in [-0.4, -0.2) is 37.7 Å². The van der Waals surface area contributed by atoms with Crippen molar-refractivity contribution < 1.29 is 14.5 Å². The molecule has 1 heterocycles. The topological polar surface area (TPSA) is 131 Å². The van der Waals surface area contributed by atoms with Crippen molar-refractivity contribution in [3.05, 3.63) is 63.5 Å². The number of para-hydroxylation sites is 1. The normalized spacial score (nSPS) is 15.0. The smallest absolute Gasteiger partial charge is 0.276 e. The molecule has 1 amide bonds. The standard InChI is InChI=1S/C15H9N5O4/c21-12-7-6-10-14(18-19-17-10)15(12)16-13(22)8-5-9-3-1-2-4-11(9)20(23)24/h1-8H,(H,17,18,19). The summed E-state index contributed by atoms with van der Waals surface area (Å²) in [4.78, 5) is 37.9. The van der Waals surface area contributed by atoms with Crippen molar-refractivity contribution in [2.45, 2.75) is 0 Å². The van der Waals surface area contributed by atoms with E-state index in [0.717, 1.165) is 6.08 Å². The zero-order valence-corrected chi connectivity index (χ0v) is 12.0. The lowest BCUT2D eigenvalue weighted by Gasteiger charge is -2.03. The first-order valence-electron chi connectivity index (χ1n) is 6.74. The van der Waals surface area contributed by atoms with E-state index in [1.54, 1.807) is 6.07 Å². The van der Waals surface area contributed by atoms with Gasteiger partial charge in [-0.05, 0) is 24.3 Å². The Bertz CT molecular complexity index is 939. The summed E-state index contributed by atoms with van der Waals surface area (Å²) < 4.78 is 0. The molecule has 0 atom stereocenters. The number of nitro benzene ring substituents is 1. The molecule has 0 bridgehead atoms. The minimum atomic E-state index is -0.735. The molecule has 0 unspecified atom stereocenters. The highest BCUT2D eigenvalue weighted by Gasteiger charge is 2.23. The van der Waals surface area contributed by atoms with Crippen LogP contribution in [0.4, 0.5) is 5.69 Å². The summed E-state index contributed by atoms with van der Waals surface area (Å²) >= 11 is 0. The minimum absolute atomic E-state index is 0.126. The Morgan fingerprint density at radius 1 is 1.25 bits per heavy atom. The molecule has 1 aromatic carbocycles. The molecule has 1 N–H and O–H groups in total. The van der Waals surface area contributed by atoms with Crippen LogP contribution in [0.3, 0.4) is 0 Å². The van der Waals surface area contributed by atoms with Gasteiger partial charge < -0.3 is 0 Å². The zero-order chi connectivity index (χ0) is 17.1. The Morgan fingerprint density at radius 3 is 2.83 bits per heavy atom. The van der Waals surface area contributed by atoms with Crippen LogP contribution in [-0.2, 0) is 9.59 Å². The molecule has 0 saturated heterocycles. The van der Waals surface area contributed by atoms with Gasteiger partial charge in [0.05, 0.1) is 10.5 Å². The van der Waals surface area contributed by atoms with Gasteiger partial charge in [-0.25, -0.2) is 4.99 Å². The fourth-order valence-corrected chi connectivity index (χ4v) is 2.09. The number of benzene rings is 1. The van der Waals surface area contributed by atoms with Gasteiger partial charge in [-0.2, -0.15) is 15.4 Å². The van der Waals surface area contributed by atoms with Gasteiger partial charge in [-0.3, -0.25) is 19.7 Å². The number of hydrogen-bond donors (Lipinski definition) is 1. The van der Waals surface area contributed by atoms with E-state index >= 15 is 0 Å². The third kappa shape index (κ3) is 2.90. The van der Waals surface area contributed by atoms with Gasteiger partial charge in [0.15, 0.2) is 0 Å². The number of nitrogens with zero attached hydrogens (tertiary/aromatic N) is 4. The number of fused-ring (bicyclic) bond motifs is 1. The average molecular weight is 323 g/mol. The highest BCUT2D eigenvalue weighted by Crippen LogP contribution is 2.19. The monoisotopic (exact) mass is 323 g/mol. The van der Waals surface area contributed by atoms with Gasteiger partial charge in [0.2, 0.25) is 5.78 Å². The van der Waals surface area contributed by atoms with Crippen molar-refractivity contribution in [2.24, 2.45) is 4.99 Å². The van der Waals surface area contributed by atoms with E-state index in [4.69, 9.17) is 0 Å². The molecule has 2 aromatic rings. The maximum atomic E-state index is 12.0. The number of amides is 1. The van der Waals surface area contributed by atoms with Crippen molar-refractivity contribution in [1.82, 2.24) is 15.4 Å². The zero-order valence-electron chi connectivity index (χ0n) is 12.0. The number of ketones is 1. The van der Waals surface area contributed by atoms with E-state index in [1.807, 2.05) is 0 Å². The number of H-pyrrole nitrogens is 1. The van der Waals surface area contributed by atoms with Gasteiger partial charge in [0.1, 0.15) is 17.1 Å². The molecule has 0 radical (unpaired) electrons. The molecule has 0 aliphatic heterocycles. The summed E-state index contributed by atoms with van der Waals surface area (Å²) in [6, 6.07) is 5.96. The molecule has 0 fully saturated rings. The van der Waals surface area contributed by atoms with Crippen LogP contribution in [0.15, 0.2) is 41.4 Å². The van der Waals surface area contributed by atoms with E-state index in [9.17, 15) is 19.7 Å². The summed E-state index contributed by atoms with van der Waals surface area (Å²) in [6.45, 7) is 0. The van der Waals surface area contributed by atoms with E-state index in [0.29, 0.717) is 5.69 Å². The Labute approximate surface area is 134 Å². The number of carbonyl (C=O) groups excluding carboxylic acids is 2. The van der Waals surface area contributed by atoms with Crippen molar-refractivity contribution in [2.75, 3.05) is 0 Å². The Kier molecular flexibility index (Phi) is 3.89. The number of aliphatic imine (C=N–C) groups is 1. The molecule has 24 heavy (non-hydrogen) atoms. The first-order chi connectivity index (χ1) is 11.6. The number of aromatic amines is 1. The van der Waals surface area contributed by atoms with Crippen molar-refractivity contribution in [1.29, 1.82) is 0 Å². The summed E-state index contributed by atoms with van der Waals surface area (Å²) in [5, 5.41) is 20.9. The molecule has 0 saturated carbocycles. The van der Waals surface area contributed by atoms with E-state index in [2.05, 4.69) is 20.4 Å². The van der Waals surface area contributed by atoms with Crippen molar-refractivity contribution in [3.63, 3.8) is 0 Å². The van der Waals surface area contributed by atoms with Crippen molar-refractivity contribution >= 4 is 35.2 Å². The summed E-state index contributed by atoms with van der Waals surface area (Å²) in [5.41, 5.74) is 0.593. The molecule has 9 heteroatoms. The second-order valence-corrected chi connectivity index (χ2v) is 4.70. The van der Waals surface area contributed by atoms with Crippen LogP contribution in [0.2, 0.25) is 0 Å². The maximum Gasteiger partial charge on any atom is 0.276 e. The largest absolute Gasteiger partial charge is 0.287 e. The Balaban J connectivity index is 1.88. The average Bonchev–Trinajstić information content (AvgIpc) is 3.04. The molecule has 1 aromatic heterocycles. The van der Waals surface area contributed by atoms with E-state index in [-0.39, 0.29) is 22.7 Å². The predicted octanol–water partition coefficient (Wildman–Crippen LogP) is 1.34. The summed E-state index contributed by atoms with van der Waals surface area (Å²) in [7, 11) is 0. The Morgan fingerprint density at radius 2 is 2.04 bits per heavy atom. The fourth-order valence-electron chi connectivity index (χ4n) is 2.09. The first kappa shape index (κ1) is 15.2. The molecule has 118 valence electrons. The number of nitro groups is 1. The lowest BCUT2D eigenvalue weighted by molar-refractivity contribution is -0.385. The molecule has 3 rings (SSSR count). The van der Waals surface area contributed by atoms with E-state index < -0.39 is 16.6 Å². The highest BCUT2D eigenvalue weighted by molar-refractivity contribution is 6.52. The van der Waals surface area contributed by atoms with Crippen LogP contribution >= 0.6 is 0 Å². The lowest BCUT2D eigenvalue weighted by atomic mass is 10.0. The third-order valence-corrected chi connectivity index (χ3v) is 3.19. The molecule has 1 aliphatic carbocycles. The number of hydrogen-bond acceptors (Lipinski definition) is 6. The maximum absolute atomic E-state index is 12.0. The first-order valence-corrected chi connectivity index (χ1v) is 6.74. The lowest BCUT2D eigenvalue weighted by Crippen LogP contribution is -2.19. The summed E-state index contributed by atoms with van der Waals surface area (Å²) in [6.07, 6.45) is 5.04. The van der Waals surface area contributed by atoms with Crippen LogP contribution in [0.1, 0.15) is 17.0 Å². The summed E-state index contributed by atoms with van der Waals surface area (Å²) in [5.74, 6) is -1.20. The van der Waals surface area contributed by atoms with Gasteiger partial charge in [-0.1, -0.05) is 12.1 Å². The SMILES string of the molecule is O=C(C=Cc1ccccc1[N+](=O)[O-])N=C1C(=O)C=Cc2n[nH]nc21. The molecule has 9 nitrogen and oxygen atoms in total. The predicted molar refractivity (Wildman–Crippen MR) is 84.1 cm³/mol. The Hall–Kier alpha value is -3.75. The van der Waals surface area contributed by atoms with Gasteiger partial charge in [-0.15, -0.1) is 0 Å². The third-order valence-electron chi connectivity index (χ3n) is 3.19. The van der Waals surface area contributed by atoms with Crippen LogP contribution in [0.25, 0.3) is 12.2 Å². The number of allylic oxidation sites excluding steroid dienone is 1. The number of aromatic nitrogens is 3. The number of nitrogens with one attached hydrogen (secondary N) is 1. The van der Waals surface area contributed by atoms with Crippen LogP contribution < -0.4 is 0 Å². The second-order valence-electron chi connectivity index (χ2n) is 4.70. The van der Waals surface area contributed by atoms with Gasteiger partial charge >= 0.3 is 0 Å². The van der Waals surface area contributed by atoms with Gasteiger partial charge in [0.25, 0.3) is 11.6 Å². The number of carbonyl (C=O) groups is 2. The molecular weight excluding hydrogens is 314 g/mol. The highest BCUT2D eigenvalue weighted by atomic mass is 16.6. The van der Waals surface area contributed by atoms with Crippen LogP contribution in [0, 0.1) is 10.1 Å². The molecule has 0 spiro atoms. The fraction of sp³-hybridized carbons (Fsp3) is 0. The second kappa shape index (κ2) is 6.16. The quantitative estimate of drug-likeness (QED) is 0.515. The van der Waals surface area contributed by atoms with Crippen molar-refractivity contribution in [3.8, 4) is 0 Å². The van der Waals surface area contributed by atoms with Crippen LogP contribution in [0.5, 0.6) is 0 Å².